The number of H-pyrrole nitrogens is 1. The molecule has 0 amide bonds. The normalized spacial score (nSPS) is 10.0. The molecule has 0 aliphatic carbocycles. The minimum Gasteiger partial charge on any atom is -0.329 e. The Balaban J connectivity index is 2.55. The van der Waals surface area contributed by atoms with Crippen LogP contribution in [0.2, 0.25) is 0 Å². The van der Waals surface area contributed by atoms with Gasteiger partial charge in [-0.05, 0) is 6.07 Å². The van der Waals surface area contributed by atoms with Crippen molar-refractivity contribution in [2.24, 2.45) is 0 Å². The molecule has 0 saturated carbocycles. The largest absolute Gasteiger partial charge is 0.329 e. The molecule has 12 heavy (non-hydrogen) atoms. The molecule has 2 aromatic heterocycles. The van der Waals surface area contributed by atoms with Gasteiger partial charge in [-0.2, -0.15) is 0 Å². The van der Waals surface area contributed by atoms with Crippen molar-refractivity contribution in [2.45, 2.75) is 0 Å². The van der Waals surface area contributed by atoms with Crippen molar-refractivity contribution < 1.29 is 0 Å². The average molecular weight is 162 g/mol. The molecule has 0 spiro atoms. The van der Waals surface area contributed by atoms with E-state index in [1.54, 1.807) is 24.7 Å². The fourth-order valence-corrected chi connectivity index (χ4v) is 0.922. The molecule has 1 N–H and O–H groups in total. The van der Waals surface area contributed by atoms with Gasteiger partial charge in [0, 0.05) is 12.3 Å². The molecule has 60 valence electrons. The fourth-order valence-electron chi connectivity index (χ4n) is 0.922. The molecule has 0 aliphatic heterocycles. The van der Waals surface area contributed by atoms with E-state index in [1.807, 2.05) is 0 Å². The first-order chi connectivity index (χ1) is 5.86. The fraction of sp³-hybridized carbons (Fsp3) is 0. The van der Waals surface area contributed by atoms with E-state index in [1.165, 1.54) is 10.7 Å². The predicted molar refractivity (Wildman–Crippen MR) is 42.0 cm³/mol. The van der Waals surface area contributed by atoms with Gasteiger partial charge in [-0.25, -0.2) is 4.68 Å². The lowest BCUT2D eigenvalue weighted by atomic mass is 10.4. The Kier molecular flexibility index (Phi) is 1.48. The van der Waals surface area contributed by atoms with E-state index in [0.29, 0.717) is 5.69 Å². The highest BCUT2D eigenvalue weighted by molar-refractivity contribution is 5.26. The second-order valence-corrected chi connectivity index (χ2v) is 2.26. The molecule has 5 heteroatoms. The average Bonchev–Trinajstić information content (AvgIpc) is 2.56. The van der Waals surface area contributed by atoms with E-state index < -0.39 is 0 Å². The van der Waals surface area contributed by atoms with E-state index in [2.05, 4.69) is 15.3 Å². The number of nitrogens with one attached hydrogen (secondary N) is 1. The van der Waals surface area contributed by atoms with Crippen molar-refractivity contribution in [3.8, 4) is 5.69 Å². The first-order valence-electron chi connectivity index (χ1n) is 3.42. The summed E-state index contributed by atoms with van der Waals surface area (Å²) in [4.78, 5) is 13.4. The summed E-state index contributed by atoms with van der Waals surface area (Å²) in [6.07, 6.45) is 4.80. The SMILES string of the molecule is O=c1cc(-n2ccnn2)cc[nH]1. The Hall–Kier alpha value is -1.91. The van der Waals surface area contributed by atoms with Crippen LogP contribution < -0.4 is 5.56 Å². The molecule has 0 radical (unpaired) electrons. The Morgan fingerprint density at radius 2 is 2.42 bits per heavy atom. The molecule has 2 rings (SSSR count). The Labute approximate surface area is 67.7 Å². The number of aromatic amines is 1. The summed E-state index contributed by atoms with van der Waals surface area (Å²) in [5.74, 6) is 0. The number of pyridine rings is 1. The zero-order valence-electron chi connectivity index (χ0n) is 6.14. The zero-order chi connectivity index (χ0) is 8.39. The number of hydrogen-bond donors (Lipinski definition) is 1. The predicted octanol–water partition coefficient (Wildman–Crippen LogP) is -0.0444. The summed E-state index contributed by atoms with van der Waals surface area (Å²) in [6.45, 7) is 0. The van der Waals surface area contributed by atoms with Gasteiger partial charge in [0.1, 0.15) is 0 Å². The minimum atomic E-state index is -0.150. The third-order valence-corrected chi connectivity index (χ3v) is 1.45. The van der Waals surface area contributed by atoms with Gasteiger partial charge in [0.05, 0.1) is 18.1 Å². The summed E-state index contributed by atoms with van der Waals surface area (Å²) in [6, 6.07) is 3.20. The molecular formula is C7H6N4O. The molecule has 0 bridgehead atoms. The molecular weight excluding hydrogens is 156 g/mol. The van der Waals surface area contributed by atoms with E-state index in [0.717, 1.165) is 0 Å². The molecule has 0 atom stereocenters. The second-order valence-electron chi connectivity index (χ2n) is 2.26. The van der Waals surface area contributed by atoms with Crippen LogP contribution in [0.4, 0.5) is 0 Å². The molecule has 0 saturated heterocycles. The summed E-state index contributed by atoms with van der Waals surface area (Å²) < 4.78 is 1.52. The van der Waals surface area contributed by atoms with Crippen molar-refractivity contribution in [1.29, 1.82) is 0 Å². The van der Waals surface area contributed by atoms with Gasteiger partial charge < -0.3 is 4.98 Å². The highest BCUT2D eigenvalue weighted by Gasteiger charge is 1.95. The van der Waals surface area contributed by atoms with Crippen LogP contribution in [0.5, 0.6) is 0 Å². The van der Waals surface area contributed by atoms with Crippen LogP contribution in [0.3, 0.4) is 0 Å². The van der Waals surface area contributed by atoms with Crippen LogP contribution >= 0.6 is 0 Å². The summed E-state index contributed by atoms with van der Waals surface area (Å²) in [7, 11) is 0. The number of nitrogens with zero attached hydrogens (tertiary/aromatic N) is 3. The highest BCUT2D eigenvalue weighted by atomic mass is 16.1. The lowest BCUT2D eigenvalue weighted by Crippen LogP contribution is -2.06. The van der Waals surface area contributed by atoms with Crippen LogP contribution in [-0.4, -0.2) is 20.0 Å². The van der Waals surface area contributed by atoms with Crippen molar-refractivity contribution >= 4 is 0 Å². The maximum Gasteiger partial charge on any atom is 0.250 e. The van der Waals surface area contributed by atoms with Gasteiger partial charge in [-0.3, -0.25) is 4.79 Å². The third-order valence-electron chi connectivity index (χ3n) is 1.45. The van der Waals surface area contributed by atoms with Gasteiger partial charge in [-0.1, -0.05) is 5.21 Å². The van der Waals surface area contributed by atoms with E-state index in [4.69, 9.17) is 0 Å². The quantitative estimate of drug-likeness (QED) is 0.639. The molecule has 0 unspecified atom stereocenters. The Morgan fingerprint density at radius 1 is 1.50 bits per heavy atom. The summed E-state index contributed by atoms with van der Waals surface area (Å²) in [5.41, 5.74) is 0.555. The molecule has 0 fully saturated rings. The molecule has 0 aliphatic rings. The second kappa shape index (κ2) is 2.61. The van der Waals surface area contributed by atoms with Crippen molar-refractivity contribution in [3.63, 3.8) is 0 Å². The smallest absolute Gasteiger partial charge is 0.250 e. The molecule has 2 aromatic rings. The van der Waals surface area contributed by atoms with Gasteiger partial charge in [-0.15, -0.1) is 5.10 Å². The van der Waals surface area contributed by atoms with Gasteiger partial charge >= 0.3 is 0 Å². The molecule has 5 nitrogen and oxygen atoms in total. The minimum absolute atomic E-state index is 0.150. The van der Waals surface area contributed by atoms with Crippen LogP contribution in [0, 0.1) is 0 Å². The first kappa shape index (κ1) is 6.78. The standard InChI is InChI=1S/C7H6N4O/c12-7-5-6(1-2-8-7)11-4-3-9-10-11/h1-5H,(H,8,12). The molecule has 0 aromatic carbocycles. The number of rotatable bonds is 1. The van der Waals surface area contributed by atoms with Crippen LogP contribution in [0.25, 0.3) is 5.69 Å². The Bertz CT molecular complexity index is 417. The van der Waals surface area contributed by atoms with E-state index >= 15 is 0 Å². The monoisotopic (exact) mass is 162 g/mol. The lowest BCUT2D eigenvalue weighted by molar-refractivity contribution is 0.800. The van der Waals surface area contributed by atoms with Crippen molar-refractivity contribution in [2.75, 3.05) is 0 Å². The third kappa shape index (κ3) is 1.12. The maximum absolute atomic E-state index is 10.9. The molecule has 2 heterocycles. The highest BCUT2D eigenvalue weighted by Crippen LogP contribution is 1.98. The zero-order valence-corrected chi connectivity index (χ0v) is 6.14. The van der Waals surface area contributed by atoms with E-state index in [9.17, 15) is 4.79 Å². The number of hydrogen-bond acceptors (Lipinski definition) is 3. The van der Waals surface area contributed by atoms with Crippen LogP contribution in [0.1, 0.15) is 0 Å². The van der Waals surface area contributed by atoms with Gasteiger partial charge in [0.15, 0.2) is 0 Å². The topological polar surface area (TPSA) is 63.6 Å². The van der Waals surface area contributed by atoms with Crippen LogP contribution in [0.15, 0.2) is 35.5 Å². The van der Waals surface area contributed by atoms with Gasteiger partial charge in [0.25, 0.3) is 0 Å². The van der Waals surface area contributed by atoms with Gasteiger partial charge in [0.2, 0.25) is 5.56 Å². The lowest BCUT2D eigenvalue weighted by Gasteiger charge is -1.95. The van der Waals surface area contributed by atoms with E-state index in [-0.39, 0.29) is 5.56 Å². The van der Waals surface area contributed by atoms with Crippen molar-refractivity contribution in [1.82, 2.24) is 20.0 Å². The van der Waals surface area contributed by atoms with Crippen LogP contribution in [-0.2, 0) is 0 Å². The summed E-state index contributed by atoms with van der Waals surface area (Å²) >= 11 is 0. The Morgan fingerprint density at radius 3 is 3.08 bits per heavy atom. The number of aromatic nitrogens is 4. The van der Waals surface area contributed by atoms with Crippen molar-refractivity contribution in [3.05, 3.63) is 41.1 Å². The first-order valence-corrected chi connectivity index (χ1v) is 3.42. The maximum atomic E-state index is 10.9. The summed E-state index contributed by atoms with van der Waals surface area (Å²) in [5, 5.41) is 7.37.